The zero-order valence-electron chi connectivity index (χ0n) is 12.1. The summed E-state index contributed by atoms with van der Waals surface area (Å²) >= 11 is 0. The van der Waals surface area contributed by atoms with Gasteiger partial charge in [0.1, 0.15) is 0 Å². The van der Waals surface area contributed by atoms with Crippen molar-refractivity contribution in [3.05, 3.63) is 0 Å². The molecule has 0 aromatic rings. The van der Waals surface area contributed by atoms with E-state index in [2.05, 4.69) is 6.92 Å². The van der Waals surface area contributed by atoms with Gasteiger partial charge in [0.05, 0.1) is 0 Å². The van der Waals surface area contributed by atoms with Crippen molar-refractivity contribution in [3.8, 4) is 0 Å². The minimum Gasteiger partial charge on any atom is -0.330 e. The minimum absolute atomic E-state index is 0.871. The molecule has 2 nitrogen and oxygen atoms in total. The Morgan fingerprint density at radius 3 is 1.31 bits per heavy atom. The normalized spacial score (nSPS) is 10.1. The Morgan fingerprint density at radius 1 is 0.688 bits per heavy atom. The Labute approximate surface area is 104 Å². The Hall–Kier alpha value is -0.0800. The highest BCUT2D eigenvalue weighted by Crippen LogP contribution is 2.08. The van der Waals surface area contributed by atoms with Crippen LogP contribution in [0.4, 0.5) is 0 Å². The number of unbranched alkanes of at least 4 members (excludes halogenated alkanes) is 8. The number of hydrogen-bond acceptors (Lipinski definition) is 2. The van der Waals surface area contributed by atoms with Crippen LogP contribution in [0.15, 0.2) is 0 Å². The van der Waals surface area contributed by atoms with E-state index in [9.17, 15) is 0 Å². The Morgan fingerprint density at radius 2 is 1.00 bits per heavy atom. The number of hydrogen-bond donors (Lipinski definition) is 1. The summed E-state index contributed by atoms with van der Waals surface area (Å²) in [5.41, 5.74) is 5.41. The molecule has 0 atom stereocenters. The van der Waals surface area contributed by atoms with Gasteiger partial charge in [-0.25, -0.2) is 0 Å². The summed E-state index contributed by atoms with van der Waals surface area (Å²) in [6.45, 7) is 3.14. The summed E-state index contributed by atoms with van der Waals surface area (Å²) in [7, 11) is 6.00. The molecule has 0 aliphatic heterocycles. The molecule has 0 radical (unpaired) electrons. The van der Waals surface area contributed by atoms with E-state index in [1.807, 2.05) is 26.0 Å². The molecule has 0 aromatic heterocycles. The third-order valence-corrected chi connectivity index (χ3v) is 2.31. The second-order valence-corrected chi connectivity index (χ2v) is 4.96. The monoisotopic (exact) mass is 230 g/mol. The SMILES string of the molecule is CCCCCCCCCCCN.CN(C)C. The standard InChI is InChI=1S/C11H25N.C3H9N/c1-2-3-4-5-6-7-8-9-10-11-12;1-4(2)3/h2-12H2,1H3;1-3H3. The molecule has 0 saturated heterocycles. The van der Waals surface area contributed by atoms with Gasteiger partial charge in [0.2, 0.25) is 0 Å². The quantitative estimate of drug-likeness (QED) is 0.613. The summed E-state index contributed by atoms with van der Waals surface area (Å²) in [5, 5.41) is 0. The molecule has 0 saturated carbocycles. The first-order valence-electron chi connectivity index (χ1n) is 6.96. The molecule has 100 valence electrons. The average molecular weight is 230 g/mol. The molecule has 0 spiro atoms. The van der Waals surface area contributed by atoms with Crippen molar-refractivity contribution in [2.75, 3.05) is 27.7 Å². The highest BCUT2D eigenvalue weighted by molar-refractivity contribution is 4.46. The van der Waals surface area contributed by atoms with Gasteiger partial charge in [0.25, 0.3) is 0 Å². The van der Waals surface area contributed by atoms with E-state index in [0.29, 0.717) is 0 Å². The predicted octanol–water partition coefficient (Wildman–Crippen LogP) is 3.65. The molecule has 2 N–H and O–H groups in total. The lowest BCUT2D eigenvalue weighted by Gasteiger charge is -1.99. The maximum absolute atomic E-state index is 5.41. The minimum atomic E-state index is 0.871. The molecule has 0 amide bonds. The third-order valence-electron chi connectivity index (χ3n) is 2.31. The van der Waals surface area contributed by atoms with Crippen molar-refractivity contribution in [2.24, 2.45) is 5.73 Å². The smallest absolute Gasteiger partial charge is 0.00773 e. The van der Waals surface area contributed by atoms with Crippen LogP contribution in [0.2, 0.25) is 0 Å². The number of nitrogens with two attached hydrogens (primary N) is 1. The Bertz CT molecular complexity index is 90.2. The van der Waals surface area contributed by atoms with E-state index in [1.165, 1.54) is 57.8 Å². The van der Waals surface area contributed by atoms with E-state index in [1.54, 1.807) is 0 Å². The fourth-order valence-corrected chi connectivity index (χ4v) is 1.45. The molecule has 0 fully saturated rings. The first kappa shape index (κ1) is 18.3. The van der Waals surface area contributed by atoms with Gasteiger partial charge in [-0.3, -0.25) is 0 Å². The summed E-state index contributed by atoms with van der Waals surface area (Å²) in [6.07, 6.45) is 12.5. The van der Waals surface area contributed by atoms with Gasteiger partial charge in [-0.1, -0.05) is 58.3 Å². The zero-order valence-corrected chi connectivity index (χ0v) is 12.1. The summed E-state index contributed by atoms with van der Waals surface area (Å²) < 4.78 is 0. The van der Waals surface area contributed by atoms with E-state index < -0.39 is 0 Å². The van der Waals surface area contributed by atoms with Crippen LogP contribution < -0.4 is 5.73 Å². The lowest BCUT2D eigenvalue weighted by molar-refractivity contribution is 0.505. The van der Waals surface area contributed by atoms with Crippen LogP contribution in [0.3, 0.4) is 0 Å². The van der Waals surface area contributed by atoms with Crippen LogP contribution >= 0.6 is 0 Å². The molecule has 0 bridgehead atoms. The van der Waals surface area contributed by atoms with Crippen LogP contribution in [-0.2, 0) is 0 Å². The molecule has 2 heteroatoms. The molecular weight excluding hydrogens is 196 g/mol. The van der Waals surface area contributed by atoms with Gasteiger partial charge in [-0.2, -0.15) is 0 Å². The highest BCUT2D eigenvalue weighted by atomic mass is 15.0. The van der Waals surface area contributed by atoms with Gasteiger partial charge < -0.3 is 10.6 Å². The van der Waals surface area contributed by atoms with Crippen molar-refractivity contribution in [3.63, 3.8) is 0 Å². The van der Waals surface area contributed by atoms with E-state index in [0.717, 1.165) is 6.54 Å². The molecule has 0 aromatic carbocycles. The molecule has 0 aliphatic rings. The van der Waals surface area contributed by atoms with E-state index in [4.69, 9.17) is 5.73 Å². The molecular formula is C14H34N2. The summed E-state index contributed by atoms with van der Waals surface area (Å²) in [4.78, 5) is 2.00. The van der Waals surface area contributed by atoms with Gasteiger partial charge in [0.15, 0.2) is 0 Å². The topological polar surface area (TPSA) is 29.3 Å². The zero-order chi connectivity index (χ0) is 12.6. The van der Waals surface area contributed by atoms with Gasteiger partial charge in [-0.15, -0.1) is 0 Å². The van der Waals surface area contributed by atoms with E-state index >= 15 is 0 Å². The second-order valence-electron chi connectivity index (χ2n) is 4.96. The van der Waals surface area contributed by atoms with Crippen LogP contribution in [0.1, 0.15) is 64.7 Å². The maximum atomic E-state index is 5.41. The predicted molar refractivity (Wildman–Crippen MR) is 75.9 cm³/mol. The summed E-state index contributed by atoms with van der Waals surface area (Å²) in [6, 6.07) is 0. The van der Waals surface area contributed by atoms with Crippen LogP contribution in [0.25, 0.3) is 0 Å². The molecule has 0 aliphatic carbocycles. The van der Waals surface area contributed by atoms with Crippen molar-refractivity contribution >= 4 is 0 Å². The second kappa shape index (κ2) is 17.3. The lowest BCUT2D eigenvalue weighted by Crippen LogP contribution is -1.99. The lowest BCUT2D eigenvalue weighted by atomic mass is 10.1. The fraction of sp³-hybridized carbons (Fsp3) is 1.00. The molecule has 0 rings (SSSR count). The van der Waals surface area contributed by atoms with E-state index in [-0.39, 0.29) is 0 Å². The molecule has 0 heterocycles. The first-order valence-corrected chi connectivity index (χ1v) is 6.96. The van der Waals surface area contributed by atoms with Gasteiger partial charge in [-0.05, 0) is 34.1 Å². The highest BCUT2D eigenvalue weighted by Gasteiger charge is 1.90. The van der Waals surface area contributed by atoms with Gasteiger partial charge >= 0.3 is 0 Å². The van der Waals surface area contributed by atoms with Crippen molar-refractivity contribution in [2.45, 2.75) is 64.7 Å². The van der Waals surface area contributed by atoms with Gasteiger partial charge in [0, 0.05) is 0 Å². The van der Waals surface area contributed by atoms with Crippen molar-refractivity contribution in [1.82, 2.24) is 4.90 Å². The largest absolute Gasteiger partial charge is 0.330 e. The molecule has 16 heavy (non-hydrogen) atoms. The first-order chi connectivity index (χ1) is 7.65. The maximum Gasteiger partial charge on any atom is -0.00773 e. The Balaban J connectivity index is 0. The average Bonchev–Trinajstić information content (AvgIpc) is 2.21. The van der Waals surface area contributed by atoms with Crippen LogP contribution in [-0.4, -0.2) is 32.6 Å². The van der Waals surface area contributed by atoms with Crippen LogP contribution in [0.5, 0.6) is 0 Å². The third kappa shape index (κ3) is 29.2. The fourth-order valence-electron chi connectivity index (χ4n) is 1.45. The number of nitrogens with zero attached hydrogens (tertiary/aromatic N) is 1. The molecule has 0 unspecified atom stereocenters. The number of rotatable bonds is 9. The summed E-state index contributed by atoms with van der Waals surface area (Å²) in [5.74, 6) is 0. The van der Waals surface area contributed by atoms with Crippen molar-refractivity contribution < 1.29 is 0 Å². The Kier molecular flexibility index (Phi) is 19.8. The van der Waals surface area contributed by atoms with Crippen LogP contribution in [0, 0.1) is 0 Å². The van der Waals surface area contributed by atoms with Crippen molar-refractivity contribution in [1.29, 1.82) is 0 Å².